The van der Waals surface area contributed by atoms with E-state index in [1.54, 1.807) is 6.20 Å². The maximum Gasteiger partial charge on any atom is 0.243 e. The van der Waals surface area contributed by atoms with Crippen LogP contribution in [0.5, 0.6) is 0 Å². The van der Waals surface area contributed by atoms with Crippen molar-refractivity contribution in [3.8, 4) is 0 Å². The van der Waals surface area contributed by atoms with Crippen molar-refractivity contribution in [2.45, 2.75) is 36.6 Å². The number of hydrogen-bond donors (Lipinski definition) is 1. The van der Waals surface area contributed by atoms with Gasteiger partial charge >= 0.3 is 0 Å². The van der Waals surface area contributed by atoms with Gasteiger partial charge in [-0.3, -0.25) is 9.69 Å². The Morgan fingerprint density at radius 2 is 1.73 bits per heavy atom. The molecule has 0 bridgehead atoms. The summed E-state index contributed by atoms with van der Waals surface area (Å²) in [5.41, 5.74) is 0. The molecule has 8 nitrogen and oxygen atoms in total. The summed E-state index contributed by atoms with van der Waals surface area (Å²) in [4.78, 5) is 14.5. The number of halogens is 1. The number of hydrogen-bond acceptors (Lipinski definition) is 5. The SMILES string of the molecule is O=C(CN1CCN(S(=O)(=O)c2ccc(F)cc2)CC1)Nc1ccnn1C1CCCC1. The van der Waals surface area contributed by atoms with Crippen molar-refractivity contribution in [1.29, 1.82) is 0 Å². The molecule has 1 N–H and O–H groups in total. The van der Waals surface area contributed by atoms with E-state index in [1.165, 1.54) is 29.3 Å². The monoisotopic (exact) mass is 435 g/mol. The lowest BCUT2D eigenvalue weighted by molar-refractivity contribution is -0.117. The summed E-state index contributed by atoms with van der Waals surface area (Å²) < 4.78 is 41.8. The van der Waals surface area contributed by atoms with Crippen LogP contribution >= 0.6 is 0 Å². The van der Waals surface area contributed by atoms with Crippen LogP contribution in [0, 0.1) is 5.82 Å². The van der Waals surface area contributed by atoms with E-state index in [0.29, 0.717) is 24.9 Å². The average Bonchev–Trinajstić information content (AvgIpc) is 3.40. The van der Waals surface area contributed by atoms with Gasteiger partial charge < -0.3 is 5.32 Å². The number of benzene rings is 1. The number of piperazine rings is 1. The van der Waals surface area contributed by atoms with E-state index in [0.717, 1.165) is 25.0 Å². The molecule has 2 fully saturated rings. The predicted molar refractivity (Wildman–Crippen MR) is 110 cm³/mol. The number of nitrogens with one attached hydrogen (secondary N) is 1. The molecule has 0 atom stereocenters. The van der Waals surface area contributed by atoms with Gasteiger partial charge in [-0.15, -0.1) is 0 Å². The number of carbonyl (C=O) groups excluding carboxylic acids is 1. The number of anilines is 1. The normalized spacial score (nSPS) is 19.2. The molecule has 1 aromatic carbocycles. The van der Waals surface area contributed by atoms with Gasteiger partial charge in [0.1, 0.15) is 11.6 Å². The molecule has 1 amide bonds. The van der Waals surface area contributed by atoms with Gasteiger partial charge in [0.05, 0.1) is 23.7 Å². The highest BCUT2D eigenvalue weighted by Crippen LogP contribution is 2.31. The minimum absolute atomic E-state index is 0.0790. The van der Waals surface area contributed by atoms with Gasteiger partial charge in [-0.1, -0.05) is 12.8 Å². The van der Waals surface area contributed by atoms with Crippen molar-refractivity contribution < 1.29 is 17.6 Å². The zero-order valence-corrected chi connectivity index (χ0v) is 17.5. The maximum absolute atomic E-state index is 13.1. The van der Waals surface area contributed by atoms with E-state index in [1.807, 2.05) is 15.6 Å². The third-order valence-corrected chi connectivity index (χ3v) is 7.67. The van der Waals surface area contributed by atoms with E-state index in [2.05, 4.69) is 10.4 Å². The summed E-state index contributed by atoms with van der Waals surface area (Å²) >= 11 is 0. The van der Waals surface area contributed by atoms with E-state index < -0.39 is 15.8 Å². The molecular formula is C20H26FN5O3S. The first-order valence-corrected chi connectivity index (χ1v) is 11.7. The van der Waals surface area contributed by atoms with Crippen molar-refractivity contribution >= 4 is 21.7 Å². The highest BCUT2D eigenvalue weighted by molar-refractivity contribution is 7.89. The fourth-order valence-corrected chi connectivity index (χ4v) is 5.54. The zero-order valence-electron chi connectivity index (χ0n) is 16.7. The minimum atomic E-state index is -3.66. The van der Waals surface area contributed by atoms with Crippen LogP contribution in [-0.4, -0.2) is 66.0 Å². The Morgan fingerprint density at radius 1 is 1.07 bits per heavy atom. The van der Waals surface area contributed by atoms with E-state index in [-0.39, 0.29) is 30.4 Å². The number of sulfonamides is 1. The number of aromatic nitrogens is 2. The van der Waals surface area contributed by atoms with Gasteiger partial charge in [-0.25, -0.2) is 17.5 Å². The molecule has 0 spiro atoms. The summed E-state index contributed by atoms with van der Waals surface area (Å²) in [5.74, 6) is 0.105. The Kier molecular flexibility index (Phi) is 6.16. The third kappa shape index (κ3) is 4.55. The second-order valence-corrected chi connectivity index (χ2v) is 9.72. The van der Waals surface area contributed by atoms with E-state index in [4.69, 9.17) is 0 Å². The molecular weight excluding hydrogens is 409 g/mol. The molecule has 162 valence electrons. The quantitative estimate of drug-likeness (QED) is 0.751. The van der Waals surface area contributed by atoms with Gasteiger partial charge in [0, 0.05) is 32.2 Å². The number of rotatable bonds is 6. The Labute approximate surface area is 175 Å². The molecule has 10 heteroatoms. The smallest absolute Gasteiger partial charge is 0.243 e. The van der Waals surface area contributed by atoms with Crippen LogP contribution in [0.15, 0.2) is 41.4 Å². The fraction of sp³-hybridized carbons (Fsp3) is 0.500. The summed E-state index contributed by atoms with van der Waals surface area (Å²) in [5, 5.41) is 7.30. The molecule has 30 heavy (non-hydrogen) atoms. The van der Waals surface area contributed by atoms with E-state index >= 15 is 0 Å². The maximum atomic E-state index is 13.1. The highest BCUT2D eigenvalue weighted by Gasteiger charge is 2.29. The molecule has 1 aliphatic carbocycles. The second kappa shape index (κ2) is 8.83. The Balaban J connectivity index is 1.30. The molecule has 1 saturated carbocycles. The molecule has 0 unspecified atom stereocenters. The van der Waals surface area contributed by atoms with Gasteiger partial charge in [0.2, 0.25) is 15.9 Å². The number of nitrogens with zero attached hydrogens (tertiary/aromatic N) is 4. The average molecular weight is 436 g/mol. The van der Waals surface area contributed by atoms with Crippen molar-refractivity contribution in [2.75, 3.05) is 38.0 Å². The number of carbonyl (C=O) groups is 1. The molecule has 2 aliphatic rings. The number of amides is 1. The standard InChI is InChI=1S/C20H26FN5O3S/c21-16-5-7-18(8-6-16)30(28,29)25-13-11-24(12-14-25)15-20(27)23-19-9-10-22-26(19)17-3-1-2-4-17/h5-10,17H,1-4,11-15H2,(H,23,27). The van der Waals surface area contributed by atoms with Gasteiger partial charge in [0.25, 0.3) is 0 Å². The highest BCUT2D eigenvalue weighted by atomic mass is 32.2. The van der Waals surface area contributed by atoms with Crippen molar-refractivity contribution in [2.24, 2.45) is 0 Å². The van der Waals surface area contributed by atoms with Gasteiger partial charge in [0.15, 0.2) is 0 Å². The van der Waals surface area contributed by atoms with Crippen LogP contribution in [0.25, 0.3) is 0 Å². The molecule has 1 saturated heterocycles. The Hall–Kier alpha value is -2.30. The summed E-state index contributed by atoms with van der Waals surface area (Å²) in [6, 6.07) is 6.99. The molecule has 1 aliphatic heterocycles. The van der Waals surface area contributed by atoms with Crippen molar-refractivity contribution in [3.05, 3.63) is 42.3 Å². The zero-order chi connectivity index (χ0) is 21.1. The molecule has 2 heterocycles. The van der Waals surface area contributed by atoms with Crippen LogP contribution in [0.2, 0.25) is 0 Å². The van der Waals surface area contributed by atoms with Gasteiger partial charge in [-0.05, 0) is 37.1 Å². The first kappa shape index (κ1) is 21.0. The van der Waals surface area contributed by atoms with Crippen LogP contribution in [0.3, 0.4) is 0 Å². The Morgan fingerprint density at radius 3 is 2.40 bits per heavy atom. The van der Waals surface area contributed by atoms with Gasteiger partial charge in [-0.2, -0.15) is 9.40 Å². The topological polar surface area (TPSA) is 87.5 Å². The molecule has 2 aromatic rings. The largest absolute Gasteiger partial charge is 0.310 e. The summed E-state index contributed by atoms with van der Waals surface area (Å²) in [6.45, 7) is 1.67. The molecule has 0 radical (unpaired) electrons. The van der Waals surface area contributed by atoms with Crippen LogP contribution in [0.4, 0.5) is 10.2 Å². The fourth-order valence-electron chi connectivity index (χ4n) is 4.12. The van der Waals surface area contributed by atoms with Crippen LogP contribution < -0.4 is 5.32 Å². The van der Waals surface area contributed by atoms with Crippen molar-refractivity contribution in [3.63, 3.8) is 0 Å². The summed E-state index contributed by atoms with van der Waals surface area (Å²) in [7, 11) is -3.66. The minimum Gasteiger partial charge on any atom is -0.310 e. The lowest BCUT2D eigenvalue weighted by Gasteiger charge is -2.33. The lowest BCUT2D eigenvalue weighted by atomic mass is 10.2. The lowest BCUT2D eigenvalue weighted by Crippen LogP contribution is -2.50. The molecule has 4 rings (SSSR count). The first-order chi connectivity index (χ1) is 14.4. The predicted octanol–water partition coefficient (Wildman–Crippen LogP) is 2.08. The van der Waals surface area contributed by atoms with E-state index in [9.17, 15) is 17.6 Å². The third-order valence-electron chi connectivity index (χ3n) is 5.76. The van der Waals surface area contributed by atoms with Crippen LogP contribution in [-0.2, 0) is 14.8 Å². The summed E-state index contributed by atoms with van der Waals surface area (Å²) in [6.07, 6.45) is 6.23. The second-order valence-electron chi connectivity index (χ2n) is 7.78. The first-order valence-electron chi connectivity index (χ1n) is 10.2. The van der Waals surface area contributed by atoms with Crippen LogP contribution in [0.1, 0.15) is 31.7 Å². The van der Waals surface area contributed by atoms with Crippen molar-refractivity contribution in [1.82, 2.24) is 19.0 Å². The Bertz CT molecular complexity index is 978. The molecule has 1 aromatic heterocycles.